The molecule has 10 heterocycles. The number of nitrogens with zero attached hydrogens (tertiary/aromatic N) is 12. The summed E-state index contributed by atoms with van der Waals surface area (Å²) < 4.78 is 113. The second-order valence-electron chi connectivity index (χ2n) is 18.8. The lowest BCUT2D eigenvalue weighted by Crippen LogP contribution is -2.45. The van der Waals surface area contributed by atoms with Gasteiger partial charge in [-0.2, -0.15) is 13.6 Å². The van der Waals surface area contributed by atoms with Crippen molar-refractivity contribution in [2.75, 3.05) is 50.7 Å². The molecule has 7 aromatic heterocycles. The van der Waals surface area contributed by atoms with E-state index in [-0.39, 0.29) is 70.8 Å². The molecule has 0 bridgehead atoms. The van der Waals surface area contributed by atoms with Crippen LogP contribution in [0.5, 0.6) is 0 Å². The normalized spacial score (nSPS) is 28.6. The molecule has 456 valence electrons. The monoisotopic (exact) mass is 1280 g/mol. The lowest BCUT2D eigenvalue weighted by molar-refractivity contribution is -0.745. The maximum Gasteiger partial charge on any atom is 0.490 e. The first-order valence-electron chi connectivity index (χ1n) is 24.4. The highest BCUT2D eigenvalue weighted by atomic mass is 32.1. The van der Waals surface area contributed by atoms with Crippen LogP contribution in [0.3, 0.4) is 0 Å². The summed E-state index contributed by atoms with van der Waals surface area (Å²) in [6.45, 7) is -2.97. The van der Waals surface area contributed by atoms with E-state index >= 15 is 0 Å². The minimum absolute atomic E-state index is 0.0126. The van der Waals surface area contributed by atoms with Crippen molar-refractivity contribution in [3.63, 3.8) is 0 Å². The number of fused-ring (bicyclic) bond motifs is 3. The Morgan fingerprint density at radius 1 is 0.738 bits per heavy atom. The van der Waals surface area contributed by atoms with Gasteiger partial charge in [0, 0.05) is 39.8 Å². The Bertz CT molecular complexity index is 3880. The van der Waals surface area contributed by atoms with Gasteiger partial charge in [-0.3, -0.25) is 46.9 Å². The molecule has 3 saturated heterocycles. The van der Waals surface area contributed by atoms with E-state index in [1.54, 1.807) is 6.07 Å². The second-order valence-corrected chi connectivity index (χ2v) is 28.1. The van der Waals surface area contributed by atoms with Crippen molar-refractivity contribution in [2.45, 2.75) is 80.1 Å². The molecule has 84 heavy (non-hydrogen) atoms. The van der Waals surface area contributed by atoms with Gasteiger partial charge in [-0.15, -0.1) is 0 Å². The number of aryl methyl sites for hydroxylation is 1. The number of methoxy groups -OCH3 is 1. The smallest absolute Gasteiger partial charge is 0.387 e. The number of imidazole rings is 3. The summed E-state index contributed by atoms with van der Waals surface area (Å²) in [4.78, 5) is 106. The van der Waals surface area contributed by atoms with Gasteiger partial charge in [0.2, 0.25) is 17.7 Å². The Kier molecular flexibility index (Phi) is 17.8. The number of nitrogens with one attached hydrogen (secondary N) is 2. The molecule has 7 aromatic rings. The van der Waals surface area contributed by atoms with Crippen molar-refractivity contribution in [1.82, 2.24) is 63.5 Å². The van der Waals surface area contributed by atoms with E-state index in [0.29, 0.717) is 5.69 Å². The van der Waals surface area contributed by atoms with Crippen LogP contribution in [0.25, 0.3) is 33.5 Å². The van der Waals surface area contributed by atoms with E-state index in [1.165, 1.54) is 53.0 Å². The Morgan fingerprint density at radius 2 is 1.39 bits per heavy atom. The molecule has 15 N–H and O–H groups in total. The Morgan fingerprint density at radius 3 is 2.10 bits per heavy atom. The molecule has 0 amide bonds. The number of phosphoric acid groups is 3. The number of aliphatic hydroxyl groups is 3. The molecule has 0 aromatic carbocycles. The summed E-state index contributed by atoms with van der Waals surface area (Å²) in [7, 11) is -21.5. The Balaban J connectivity index is 0.810. The number of hydrogen-bond donors (Lipinski definition) is 12. The van der Waals surface area contributed by atoms with E-state index in [4.69, 9.17) is 54.5 Å². The number of aliphatic hydroxyl groups excluding tert-OH is 3. The lowest BCUT2D eigenvalue weighted by atomic mass is 9.95. The highest BCUT2D eigenvalue weighted by Gasteiger charge is 2.53. The molecule has 0 saturated carbocycles. The SMILES string of the molecule is CO[C@@H]1[C@H](PP(=O)(O)OC[C@H]2O[C@@H](n3cnc4c(=O)[nH]c(N)nc43)[C@H](O)[C@@H]2O)[C@@H](COP(=O)(O)OP(=O)(O)OP(=O)(O)OC[C@H]2OC([n+]3cn(C)c4c(=O)[nH]c(N)nc43)[C@H](O)[C@@H]2CCOCc2ccncn2)O[C@H]1n1cnc2c(N)ncnc21. The zero-order valence-corrected chi connectivity index (χ0v) is 47.8. The zero-order chi connectivity index (χ0) is 60.2. The molecule has 0 spiro atoms. The molecule has 17 atom stereocenters. The summed E-state index contributed by atoms with van der Waals surface area (Å²) >= 11 is 0. The maximum atomic E-state index is 14.0. The van der Waals surface area contributed by atoms with Crippen LogP contribution in [-0.4, -0.2) is 180 Å². The van der Waals surface area contributed by atoms with Crippen molar-refractivity contribution < 1.29 is 104 Å². The van der Waals surface area contributed by atoms with E-state index < -0.39 is 143 Å². The first-order valence-corrected chi connectivity index (χ1v) is 32.4. The maximum absolute atomic E-state index is 14.0. The molecule has 0 radical (unpaired) electrons. The van der Waals surface area contributed by atoms with Crippen LogP contribution < -0.4 is 32.9 Å². The largest absolute Gasteiger partial charge is 0.490 e. The van der Waals surface area contributed by atoms with Crippen molar-refractivity contribution in [2.24, 2.45) is 13.0 Å². The standard InChI is InChI=1S/C39H52N17O23P5/c1-53-15-56(32-23(53)34(61)52-39(42)50-32)35-24(57)17(4-6-71-7-16-3-5-43-11-44-16)18(75-35)8-72-81(62,63)78-83(66,67)79-82(64,65)73-10-20-28(27(70-2)37(77-20)54-13-47-21-29(40)45-12-46-30(21)54)80-84(68,69)74-9-19-25(58)26(59)36(76-19)55-14-48-22-31(55)49-38(41)51-33(22)60/h3,5,11-15,17-20,24-28,35-37,57-59,80H,4,6-10H2,1-2H3,(H11-,40,41,42,45,46,49,50,51,52,60,61,62,63,64,65,66,67,68,69)/p+1/t17-,18-,19-,20-,24-,25-,26-,27-,28-,35?,36-,37-/m1/s1. The fourth-order valence-electron chi connectivity index (χ4n) is 9.65. The summed E-state index contributed by atoms with van der Waals surface area (Å²) in [6.07, 6.45) is -7.33. The third-order valence-corrected chi connectivity index (χ3v) is 21.7. The topological polar surface area (TPSA) is 568 Å². The number of anilines is 3. The number of H-pyrrole nitrogens is 2. The van der Waals surface area contributed by atoms with Crippen LogP contribution >= 0.6 is 39.0 Å². The summed E-state index contributed by atoms with van der Waals surface area (Å²) in [5.41, 5.74) is 15.2. The number of aromatic amines is 2. The minimum Gasteiger partial charge on any atom is -0.387 e. The summed E-state index contributed by atoms with van der Waals surface area (Å²) in [6, 6.07) is 1.60. The van der Waals surface area contributed by atoms with Crippen molar-refractivity contribution in [1.29, 1.82) is 0 Å². The lowest BCUT2D eigenvalue weighted by Gasteiger charge is -2.26. The molecular formula is C39H53N17O23P5+. The first kappa shape index (κ1) is 61.5. The zero-order valence-electron chi connectivity index (χ0n) is 43.3. The van der Waals surface area contributed by atoms with Crippen molar-refractivity contribution in [3.8, 4) is 0 Å². The molecule has 10 rings (SSSR count). The van der Waals surface area contributed by atoms with Crippen LogP contribution in [0.4, 0.5) is 17.7 Å². The van der Waals surface area contributed by atoms with Crippen LogP contribution in [0.15, 0.2) is 53.5 Å². The molecule has 45 heteroatoms. The summed E-state index contributed by atoms with van der Waals surface area (Å²) in [5.74, 6) is -1.62. The average molecular weight is 1280 g/mol. The van der Waals surface area contributed by atoms with Crippen molar-refractivity contribution >= 4 is 90.2 Å². The second kappa shape index (κ2) is 24.3. The Hall–Kier alpha value is -5.60. The van der Waals surface area contributed by atoms with Gasteiger partial charge in [-0.25, -0.2) is 48.2 Å². The average Bonchev–Trinajstić information content (AvgIpc) is 1.88. The number of phosphoric ester groups is 2. The number of hydrogen-bond acceptors (Lipinski definition) is 30. The number of nitrogen functional groups attached to an aromatic ring is 3. The quantitative estimate of drug-likeness (QED) is 0.0171. The molecule has 6 unspecified atom stereocenters. The Labute approximate surface area is 470 Å². The molecule has 40 nitrogen and oxygen atoms in total. The van der Waals surface area contributed by atoms with Crippen LogP contribution in [0, 0.1) is 5.92 Å². The summed E-state index contributed by atoms with van der Waals surface area (Å²) in [5, 5.41) is 33.6. The van der Waals surface area contributed by atoms with Gasteiger partial charge >= 0.3 is 36.4 Å². The van der Waals surface area contributed by atoms with Gasteiger partial charge in [-0.05, 0) is 12.5 Å². The molecular weight excluding hydrogens is 1230 g/mol. The third-order valence-electron chi connectivity index (χ3n) is 13.4. The van der Waals surface area contributed by atoms with Crippen LogP contribution in [-0.2, 0) is 77.8 Å². The van der Waals surface area contributed by atoms with Gasteiger partial charge in [0.1, 0.15) is 48.7 Å². The van der Waals surface area contributed by atoms with Gasteiger partial charge in [0.25, 0.3) is 17.1 Å². The number of nitrogens with two attached hydrogens (primary N) is 3. The van der Waals surface area contributed by atoms with E-state index in [2.05, 4.69) is 58.5 Å². The fraction of sp³-hybridized carbons (Fsp3) is 0.513. The van der Waals surface area contributed by atoms with Gasteiger partial charge in [-0.1, -0.05) is 4.98 Å². The van der Waals surface area contributed by atoms with Gasteiger partial charge in [0.05, 0.1) is 64.0 Å². The fourth-order valence-corrected chi connectivity index (χ4v) is 17.3. The minimum atomic E-state index is -6.19. The van der Waals surface area contributed by atoms with Crippen molar-refractivity contribution in [3.05, 3.63) is 70.3 Å². The molecule has 3 aliphatic heterocycles. The number of aromatic nitrogens is 14. The predicted octanol–water partition coefficient (Wildman–Crippen LogP) is -2.40. The highest BCUT2D eigenvalue weighted by Crippen LogP contribution is 2.69. The van der Waals surface area contributed by atoms with Crippen LogP contribution in [0.2, 0.25) is 0 Å². The predicted molar refractivity (Wildman–Crippen MR) is 280 cm³/mol. The number of ether oxygens (including phenoxy) is 5. The van der Waals surface area contributed by atoms with E-state index in [0.717, 1.165) is 17.2 Å². The third kappa shape index (κ3) is 13.1. The first-order chi connectivity index (χ1) is 39.7. The van der Waals surface area contributed by atoms with Gasteiger partial charge in [0.15, 0.2) is 41.4 Å². The van der Waals surface area contributed by atoms with E-state index in [9.17, 15) is 62.7 Å². The van der Waals surface area contributed by atoms with Gasteiger partial charge < -0.3 is 80.3 Å². The molecule has 3 fully saturated rings. The van der Waals surface area contributed by atoms with Crippen LogP contribution in [0.1, 0.15) is 30.8 Å². The highest BCUT2D eigenvalue weighted by molar-refractivity contribution is 8.20. The van der Waals surface area contributed by atoms with E-state index in [1.807, 2.05) is 0 Å². The number of rotatable bonds is 24. The molecule has 3 aliphatic rings. The molecule has 0 aliphatic carbocycles.